The van der Waals surface area contributed by atoms with Crippen molar-refractivity contribution in [1.29, 1.82) is 0 Å². The van der Waals surface area contributed by atoms with E-state index in [4.69, 9.17) is 4.74 Å². The SMILES string of the molecule is CCC#CCOC1(C)C=CC(=O)C=C1. The molecule has 0 saturated heterocycles. The highest BCUT2D eigenvalue weighted by molar-refractivity contribution is 6.00. The Labute approximate surface area is 84.6 Å². The molecule has 0 heterocycles. The number of rotatable bonds is 2. The van der Waals surface area contributed by atoms with E-state index in [0.29, 0.717) is 6.61 Å². The maximum atomic E-state index is 10.9. The maximum Gasteiger partial charge on any atom is 0.178 e. The normalized spacial score (nSPS) is 17.7. The van der Waals surface area contributed by atoms with Gasteiger partial charge in [0.1, 0.15) is 12.2 Å². The average molecular weight is 190 g/mol. The molecule has 0 aromatic rings. The van der Waals surface area contributed by atoms with Crippen LogP contribution in [0, 0.1) is 11.8 Å². The van der Waals surface area contributed by atoms with Gasteiger partial charge in [0.2, 0.25) is 0 Å². The van der Waals surface area contributed by atoms with Crippen molar-refractivity contribution in [3.63, 3.8) is 0 Å². The van der Waals surface area contributed by atoms with E-state index in [0.717, 1.165) is 6.42 Å². The van der Waals surface area contributed by atoms with Gasteiger partial charge in [0, 0.05) is 6.42 Å². The molecule has 0 bridgehead atoms. The third kappa shape index (κ3) is 3.20. The summed E-state index contributed by atoms with van der Waals surface area (Å²) in [5.41, 5.74) is -0.476. The smallest absolute Gasteiger partial charge is 0.178 e. The third-order valence-corrected chi connectivity index (χ3v) is 1.91. The first kappa shape index (κ1) is 10.7. The molecule has 1 aliphatic rings. The molecule has 0 aliphatic heterocycles. The molecule has 74 valence electrons. The predicted molar refractivity (Wildman–Crippen MR) is 55.7 cm³/mol. The van der Waals surface area contributed by atoms with Gasteiger partial charge in [-0.05, 0) is 31.2 Å². The van der Waals surface area contributed by atoms with Crippen molar-refractivity contribution >= 4 is 5.78 Å². The molecule has 0 atom stereocenters. The second kappa shape index (κ2) is 4.78. The van der Waals surface area contributed by atoms with Crippen LogP contribution in [0.5, 0.6) is 0 Å². The molecule has 0 aromatic carbocycles. The van der Waals surface area contributed by atoms with Gasteiger partial charge in [-0.1, -0.05) is 12.8 Å². The number of allylic oxidation sites excluding steroid dienone is 2. The number of hydrogen-bond acceptors (Lipinski definition) is 2. The van der Waals surface area contributed by atoms with Crippen molar-refractivity contribution in [2.45, 2.75) is 25.9 Å². The van der Waals surface area contributed by atoms with Gasteiger partial charge >= 0.3 is 0 Å². The molecule has 2 heteroatoms. The summed E-state index contributed by atoms with van der Waals surface area (Å²) < 4.78 is 5.52. The monoisotopic (exact) mass is 190 g/mol. The van der Waals surface area contributed by atoms with Gasteiger partial charge in [0.05, 0.1) is 0 Å². The standard InChI is InChI=1S/C12H14O2/c1-3-4-5-10-14-12(2)8-6-11(13)7-9-12/h6-9H,3,10H2,1-2H3. The molecule has 0 unspecified atom stereocenters. The lowest BCUT2D eigenvalue weighted by atomic mass is 10.00. The van der Waals surface area contributed by atoms with Crippen LogP contribution in [0.15, 0.2) is 24.3 Å². The minimum atomic E-state index is -0.476. The number of ketones is 1. The van der Waals surface area contributed by atoms with Crippen molar-refractivity contribution in [1.82, 2.24) is 0 Å². The Hall–Kier alpha value is -1.33. The zero-order valence-corrected chi connectivity index (χ0v) is 8.54. The van der Waals surface area contributed by atoms with Crippen molar-refractivity contribution in [2.75, 3.05) is 6.61 Å². The summed E-state index contributed by atoms with van der Waals surface area (Å²) in [4.78, 5) is 10.9. The fourth-order valence-electron chi connectivity index (χ4n) is 1.07. The Kier molecular flexibility index (Phi) is 3.67. The zero-order valence-electron chi connectivity index (χ0n) is 8.54. The van der Waals surface area contributed by atoms with Gasteiger partial charge in [-0.15, -0.1) is 5.92 Å². The molecule has 0 N–H and O–H groups in total. The van der Waals surface area contributed by atoms with Crippen LogP contribution >= 0.6 is 0 Å². The van der Waals surface area contributed by atoms with Crippen molar-refractivity contribution in [3.05, 3.63) is 24.3 Å². The lowest BCUT2D eigenvalue weighted by molar-refractivity contribution is -0.110. The second-order valence-corrected chi connectivity index (χ2v) is 3.25. The van der Waals surface area contributed by atoms with Crippen LogP contribution in [0.2, 0.25) is 0 Å². The van der Waals surface area contributed by atoms with E-state index in [-0.39, 0.29) is 5.78 Å². The largest absolute Gasteiger partial charge is 0.354 e. The van der Waals surface area contributed by atoms with Crippen LogP contribution in [0.1, 0.15) is 20.3 Å². The van der Waals surface area contributed by atoms with Crippen LogP contribution < -0.4 is 0 Å². The van der Waals surface area contributed by atoms with Crippen LogP contribution in [0.4, 0.5) is 0 Å². The number of carbonyl (C=O) groups excluding carboxylic acids is 1. The summed E-state index contributed by atoms with van der Waals surface area (Å²) in [5, 5.41) is 0. The maximum absolute atomic E-state index is 10.9. The molecule has 14 heavy (non-hydrogen) atoms. The first-order chi connectivity index (χ1) is 6.66. The quantitative estimate of drug-likeness (QED) is 0.621. The van der Waals surface area contributed by atoms with Gasteiger partial charge in [-0.3, -0.25) is 4.79 Å². The predicted octanol–water partition coefficient (Wildman–Crippen LogP) is 1.87. The van der Waals surface area contributed by atoms with Crippen LogP contribution in [-0.4, -0.2) is 18.0 Å². The molecule has 1 aliphatic carbocycles. The van der Waals surface area contributed by atoms with Crippen LogP contribution in [0.25, 0.3) is 0 Å². The minimum absolute atomic E-state index is 0.00529. The number of ether oxygens (including phenoxy) is 1. The zero-order chi connectivity index (χ0) is 10.4. The van der Waals surface area contributed by atoms with E-state index in [1.807, 2.05) is 13.8 Å². The minimum Gasteiger partial charge on any atom is -0.354 e. The molecule has 0 amide bonds. The van der Waals surface area contributed by atoms with Gasteiger partial charge in [0.15, 0.2) is 5.78 Å². The second-order valence-electron chi connectivity index (χ2n) is 3.25. The van der Waals surface area contributed by atoms with Gasteiger partial charge < -0.3 is 4.74 Å². The topological polar surface area (TPSA) is 26.3 Å². The molecular formula is C12H14O2. The summed E-state index contributed by atoms with van der Waals surface area (Å²) >= 11 is 0. The lowest BCUT2D eigenvalue weighted by Gasteiger charge is -2.22. The molecule has 0 radical (unpaired) electrons. The first-order valence-corrected chi connectivity index (χ1v) is 4.68. The molecular weight excluding hydrogens is 176 g/mol. The van der Waals surface area contributed by atoms with Gasteiger partial charge in [-0.2, -0.15) is 0 Å². The Morgan fingerprint density at radius 1 is 1.36 bits per heavy atom. The van der Waals surface area contributed by atoms with E-state index in [2.05, 4.69) is 11.8 Å². The van der Waals surface area contributed by atoms with E-state index >= 15 is 0 Å². The van der Waals surface area contributed by atoms with Crippen molar-refractivity contribution in [2.24, 2.45) is 0 Å². The fraction of sp³-hybridized carbons (Fsp3) is 0.417. The summed E-state index contributed by atoms with van der Waals surface area (Å²) in [6.07, 6.45) is 7.39. The molecule has 0 aromatic heterocycles. The molecule has 0 spiro atoms. The van der Waals surface area contributed by atoms with E-state index < -0.39 is 5.60 Å². The van der Waals surface area contributed by atoms with E-state index in [9.17, 15) is 4.79 Å². The molecule has 0 saturated carbocycles. The van der Waals surface area contributed by atoms with E-state index in [1.54, 1.807) is 12.2 Å². The summed E-state index contributed by atoms with van der Waals surface area (Å²) in [7, 11) is 0. The molecule has 1 rings (SSSR count). The fourth-order valence-corrected chi connectivity index (χ4v) is 1.07. The highest BCUT2D eigenvalue weighted by atomic mass is 16.5. The average Bonchev–Trinajstić information content (AvgIpc) is 2.18. The summed E-state index contributed by atoms with van der Waals surface area (Å²) in [6.45, 7) is 4.29. The van der Waals surface area contributed by atoms with E-state index in [1.165, 1.54) is 12.2 Å². The molecule has 2 nitrogen and oxygen atoms in total. The third-order valence-electron chi connectivity index (χ3n) is 1.91. The molecule has 0 fully saturated rings. The summed E-state index contributed by atoms with van der Waals surface area (Å²) in [6, 6.07) is 0. The van der Waals surface area contributed by atoms with Crippen LogP contribution in [-0.2, 0) is 9.53 Å². The Morgan fingerprint density at radius 2 is 2.00 bits per heavy atom. The number of carbonyl (C=O) groups is 1. The lowest BCUT2D eigenvalue weighted by Crippen LogP contribution is -2.26. The first-order valence-electron chi connectivity index (χ1n) is 4.68. The van der Waals surface area contributed by atoms with Crippen molar-refractivity contribution in [3.8, 4) is 11.8 Å². The van der Waals surface area contributed by atoms with Crippen LogP contribution in [0.3, 0.4) is 0 Å². The van der Waals surface area contributed by atoms with Gasteiger partial charge in [0.25, 0.3) is 0 Å². The number of hydrogen-bond donors (Lipinski definition) is 0. The van der Waals surface area contributed by atoms with Gasteiger partial charge in [-0.25, -0.2) is 0 Å². The highest BCUT2D eigenvalue weighted by Gasteiger charge is 2.20. The Morgan fingerprint density at radius 3 is 2.57 bits per heavy atom. The highest BCUT2D eigenvalue weighted by Crippen LogP contribution is 2.17. The van der Waals surface area contributed by atoms with Crippen molar-refractivity contribution < 1.29 is 9.53 Å². The Balaban J connectivity index is 2.48. The summed E-state index contributed by atoms with van der Waals surface area (Å²) in [5.74, 6) is 5.82. The Bertz CT molecular complexity index is 310.